The van der Waals surface area contributed by atoms with E-state index in [-0.39, 0.29) is 17.6 Å². The predicted octanol–water partition coefficient (Wildman–Crippen LogP) is 3.08. The second-order valence-electron chi connectivity index (χ2n) is 4.59. The number of benzene rings is 1. The summed E-state index contributed by atoms with van der Waals surface area (Å²) in [5.41, 5.74) is 1.55. The van der Waals surface area contributed by atoms with E-state index >= 15 is 0 Å². The van der Waals surface area contributed by atoms with E-state index in [1.54, 1.807) is 6.07 Å². The van der Waals surface area contributed by atoms with Crippen LogP contribution >= 0.6 is 11.6 Å². The molecule has 1 rings (SSSR count). The number of carbonyl (C=O) groups excluding carboxylic acids is 1. The Morgan fingerprint density at radius 3 is 2.47 bits per heavy atom. The van der Waals surface area contributed by atoms with Crippen molar-refractivity contribution in [2.24, 2.45) is 0 Å². The smallest absolute Gasteiger partial charge is 0.137 e. The normalized spacial score (nSPS) is 11.5. The lowest BCUT2D eigenvalue weighted by Crippen LogP contribution is -2.11. The molecular weight excluding hydrogens is 212 g/mol. The summed E-state index contributed by atoms with van der Waals surface area (Å²) in [6.07, 6.45) is 0.952. The van der Waals surface area contributed by atoms with E-state index in [1.165, 1.54) is 0 Å². The Labute approximate surface area is 94.9 Å². The number of halogens is 1. The van der Waals surface area contributed by atoms with Crippen molar-refractivity contribution in [2.45, 2.75) is 32.6 Å². The van der Waals surface area contributed by atoms with E-state index in [0.29, 0.717) is 10.6 Å². The van der Waals surface area contributed by atoms with Gasteiger partial charge in [-0.25, -0.2) is 0 Å². The highest BCUT2D eigenvalue weighted by molar-refractivity contribution is 6.32. The van der Waals surface area contributed by atoms with Crippen molar-refractivity contribution < 1.29 is 9.90 Å². The Morgan fingerprint density at radius 2 is 2.00 bits per heavy atom. The van der Waals surface area contributed by atoms with Crippen molar-refractivity contribution in [2.75, 3.05) is 0 Å². The molecular formula is C12H15ClO2. The first kappa shape index (κ1) is 12.1. The fourth-order valence-corrected chi connectivity index (χ4v) is 1.57. The van der Waals surface area contributed by atoms with Crippen LogP contribution in [0, 0.1) is 0 Å². The van der Waals surface area contributed by atoms with Crippen LogP contribution in [-0.4, -0.2) is 11.4 Å². The van der Waals surface area contributed by atoms with Crippen LogP contribution in [0.15, 0.2) is 12.1 Å². The van der Waals surface area contributed by atoms with Gasteiger partial charge in [0.2, 0.25) is 0 Å². The highest BCUT2D eigenvalue weighted by atomic mass is 35.5. The molecule has 0 radical (unpaired) electrons. The van der Waals surface area contributed by atoms with Gasteiger partial charge < -0.3 is 9.90 Å². The van der Waals surface area contributed by atoms with Crippen molar-refractivity contribution in [3.8, 4) is 5.75 Å². The zero-order valence-electron chi connectivity index (χ0n) is 9.17. The summed E-state index contributed by atoms with van der Waals surface area (Å²) in [7, 11) is 0. The maximum Gasteiger partial charge on any atom is 0.137 e. The predicted molar refractivity (Wildman–Crippen MR) is 61.6 cm³/mol. The standard InChI is InChI=1S/C12H15ClO2/c1-12(2,3)9-6-8(4-5-14)11(15)10(13)7-9/h5-7,15H,4H2,1-3H3. The topological polar surface area (TPSA) is 37.3 Å². The van der Waals surface area contributed by atoms with Gasteiger partial charge in [-0.1, -0.05) is 38.4 Å². The highest BCUT2D eigenvalue weighted by Crippen LogP contribution is 2.33. The first-order chi connectivity index (χ1) is 6.86. The molecule has 0 unspecified atom stereocenters. The molecule has 3 heteroatoms. The third-order valence-electron chi connectivity index (χ3n) is 2.31. The quantitative estimate of drug-likeness (QED) is 0.787. The number of hydrogen-bond donors (Lipinski definition) is 1. The molecule has 0 atom stereocenters. The molecule has 0 saturated heterocycles. The molecule has 0 aliphatic heterocycles. The Morgan fingerprint density at radius 1 is 1.40 bits per heavy atom. The summed E-state index contributed by atoms with van der Waals surface area (Å²) >= 11 is 5.89. The average molecular weight is 227 g/mol. The van der Waals surface area contributed by atoms with Gasteiger partial charge in [0, 0.05) is 12.0 Å². The van der Waals surface area contributed by atoms with Gasteiger partial charge in [0.15, 0.2) is 0 Å². The van der Waals surface area contributed by atoms with Crippen molar-refractivity contribution in [1.82, 2.24) is 0 Å². The van der Waals surface area contributed by atoms with E-state index in [1.807, 2.05) is 6.07 Å². The largest absolute Gasteiger partial charge is 0.506 e. The van der Waals surface area contributed by atoms with Gasteiger partial charge in [0.05, 0.1) is 5.02 Å². The summed E-state index contributed by atoms with van der Waals surface area (Å²) in [6, 6.07) is 3.57. The van der Waals surface area contributed by atoms with E-state index < -0.39 is 0 Å². The molecule has 2 nitrogen and oxygen atoms in total. The molecule has 0 aliphatic rings. The number of phenolic OH excluding ortho intramolecular Hbond substituents is 1. The number of phenols is 1. The van der Waals surface area contributed by atoms with Crippen LogP contribution in [-0.2, 0) is 16.6 Å². The molecule has 0 spiro atoms. The van der Waals surface area contributed by atoms with Gasteiger partial charge in [0.1, 0.15) is 12.0 Å². The number of carbonyl (C=O) groups is 1. The van der Waals surface area contributed by atoms with E-state index in [0.717, 1.165) is 11.8 Å². The van der Waals surface area contributed by atoms with Gasteiger partial charge in [-0.3, -0.25) is 0 Å². The zero-order chi connectivity index (χ0) is 11.6. The van der Waals surface area contributed by atoms with Gasteiger partial charge in [-0.05, 0) is 17.0 Å². The van der Waals surface area contributed by atoms with Gasteiger partial charge in [0.25, 0.3) is 0 Å². The van der Waals surface area contributed by atoms with Crippen LogP contribution in [0.4, 0.5) is 0 Å². The number of aromatic hydroxyl groups is 1. The SMILES string of the molecule is CC(C)(C)c1cc(Cl)c(O)c(CC=O)c1. The monoisotopic (exact) mass is 226 g/mol. The molecule has 1 aromatic rings. The third kappa shape index (κ3) is 2.72. The maximum absolute atomic E-state index is 10.4. The summed E-state index contributed by atoms with van der Waals surface area (Å²) in [5.74, 6) is 0.0109. The summed E-state index contributed by atoms with van der Waals surface area (Å²) in [5, 5.41) is 9.93. The molecule has 0 heterocycles. The van der Waals surface area contributed by atoms with Crippen LogP contribution in [0.25, 0.3) is 0 Å². The molecule has 82 valence electrons. The van der Waals surface area contributed by atoms with Crippen LogP contribution in [0.1, 0.15) is 31.9 Å². The van der Waals surface area contributed by atoms with Gasteiger partial charge in [-0.15, -0.1) is 0 Å². The minimum absolute atomic E-state index is 0.0109. The zero-order valence-corrected chi connectivity index (χ0v) is 9.93. The lowest BCUT2D eigenvalue weighted by molar-refractivity contribution is -0.107. The van der Waals surface area contributed by atoms with Crippen molar-refractivity contribution >= 4 is 17.9 Å². The second kappa shape index (κ2) is 4.23. The molecule has 0 aliphatic carbocycles. The molecule has 0 fully saturated rings. The fraction of sp³-hybridized carbons (Fsp3) is 0.417. The summed E-state index contributed by atoms with van der Waals surface area (Å²) in [4.78, 5) is 10.4. The second-order valence-corrected chi connectivity index (χ2v) is 4.99. The Balaban J connectivity index is 3.29. The van der Waals surface area contributed by atoms with E-state index in [2.05, 4.69) is 20.8 Å². The Kier molecular flexibility index (Phi) is 3.40. The summed E-state index contributed by atoms with van der Waals surface area (Å²) in [6.45, 7) is 6.17. The molecule has 0 amide bonds. The molecule has 0 aromatic heterocycles. The van der Waals surface area contributed by atoms with E-state index in [4.69, 9.17) is 11.6 Å². The van der Waals surface area contributed by atoms with Crippen LogP contribution in [0.2, 0.25) is 5.02 Å². The molecule has 1 aromatic carbocycles. The van der Waals surface area contributed by atoms with E-state index in [9.17, 15) is 9.90 Å². The summed E-state index contributed by atoms with van der Waals surface area (Å²) < 4.78 is 0. The number of rotatable bonds is 2. The lowest BCUT2D eigenvalue weighted by atomic mass is 9.85. The van der Waals surface area contributed by atoms with Gasteiger partial charge >= 0.3 is 0 Å². The van der Waals surface area contributed by atoms with Crippen molar-refractivity contribution in [3.05, 3.63) is 28.3 Å². The molecule has 0 saturated carbocycles. The highest BCUT2D eigenvalue weighted by Gasteiger charge is 2.17. The molecule has 15 heavy (non-hydrogen) atoms. The van der Waals surface area contributed by atoms with Gasteiger partial charge in [-0.2, -0.15) is 0 Å². The van der Waals surface area contributed by atoms with Crippen LogP contribution < -0.4 is 0 Å². The first-order valence-electron chi connectivity index (χ1n) is 4.81. The average Bonchev–Trinajstić information content (AvgIpc) is 2.11. The number of aldehydes is 1. The fourth-order valence-electron chi connectivity index (χ4n) is 1.33. The number of hydrogen-bond acceptors (Lipinski definition) is 2. The lowest BCUT2D eigenvalue weighted by Gasteiger charge is -2.20. The maximum atomic E-state index is 10.4. The minimum Gasteiger partial charge on any atom is -0.506 e. The third-order valence-corrected chi connectivity index (χ3v) is 2.60. The first-order valence-corrected chi connectivity index (χ1v) is 5.19. The van der Waals surface area contributed by atoms with Crippen LogP contribution in [0.3, 0.4) is 0 Å². The molecule has 0 bridgehead atoms. The Hall–Kier alpha value is -1.02. The molecule has 1 N–H and O–H groups in total. The van der Waals surface area contributed by atoms with Crippen LogP contribution in [0.5, 0.6) is 5.75 Å². The Bertz CT molecular complexity index is 378. The van der Waals surface area contributed by atoms with Crippen molar-refractivity contribution in [3.63, 3.8) is 0 Å². The minimum atomic E-state index is -0.0467. The van der Waals surface area contributed by atoms with Crippen molar-refractivity contribution in [1.29, 1.82) is 0 Å².